The van der Waals surface area contributed by atoms with Gasteiger partial charge in [-0.1, -0.05) is 0 Å². The SMILES string of the molecule is COc1cc2c(cc1OC)C(CC(=O)O)N(S(=O)(=O)N(C)C1CC1)CC2. The monoisotopic (exact) mass is 384 g/mol. The van der Waals surface area contributed by atoms with Gasteiger partial charge >= 0.3 is 5.97 Å². The zero-order valence-electron chi connectivity index (χ0n) is 15.1. The Bertz CT molecular complexity index is 806. The Balaban J connectivity index is 2.05. The summed E-state index contributed by atoms with van der Waals surface area (Å²) < 4.78 is 39.4. The van der Waals surface area contributed by atoms with Gasteiger partial charge in [-0.2, -0.15) is 17.0 Å². The van der Waals surface area contributed by atoms with E-state index >= 15 is 0 Å². The van der Waals surface area contributed by atoms with Crippen LogP contribution in [-0.2, 0) is 21.4 Å². The summed E-state index contributed by atoms with van der Waals surface area (Å²) >= 11 is 0. The number of carboxylic acid groups (broad SMARTS) is 1. The van der Waals surface area contributed by atoms with Gasteiger partial charge in [0.1, 0.15) is 0 Å². The van der Waals surface area contributed by atoms with E-state index in [1.807, 2.05) is 0 Å². The molecule has 1 N–H and O–H groups in total. The summed E-state index contributed by atoms with van der Waals surface area (Å²) in [6.45, 7) is 0.236. The van der Waals surface area contributed by atoms with E-state index in [1.165, 1.54) is 22.8 Å². The van der Waals surface area contributed by atoms with Gasteiger partial charge in [-0.3, -0.25) is 4.79 Å². The summed E-state index contributed by atoms with van der Waals surface area (Å²) in [6, 6.07) is 2.73. The number of hydrogen-bond donors (Lipinski definition) is 1. The van der Waals surface area contributed by atoms with Gasteiger partial charge in [0.05, 0.1) is 26.7 Å². The van der Waals surface area contributed by atoms with E-state index < -0.39 is 22.2 Å². The molecular weight excluding hydrogens is 360 g/mol. The van der Waals surface area contributed by atoms with Crippen LogP contribution < -0.4 is 9.47 Å². The fraction of sp³-hybridized carbons (Fsp3) is 0.588. The van der Waals surface area contributed by atoms with Crippen LogP contribution in [-0.4, -0.2) is 62.0 Å². The number of benzene rings is 1. The molecule has 144 valence electrons. The molecule has 8 nitrogen and oxygen atoms in total. The molecule has 1 heterocycles. The van der Waals surface area contributed by atoms with Crippen LogP contribution in [0.25, 0.3) is 0 Å². The highest BCUT2D eigenvalue weighted by Crippen LogP contribution is 2.41. The molecular formula is C17H24N2O6S. The molecule has 9 heteroatoms. The third-order valence-electron chi connectivity index (χ3n) is 5.04. The molecule has 1 aliphatic heterocycles. The molecule has 0 saturated heterocycles. The normalized spacial score (nSPS) is 20.7. The molecule has 1 aromatic rings. The second-order valence-corrected chi connectivity index (χ2v) is 8.58. The summed E-state index contributed by atoms with van der Waals surface area (Å²) in [6.07, 6.45) is 1.87. The van der Waals surface area contributed by atoms with Gasteiger partial charge in [0.25, 0.3) is 10.2 Å². The summed E-state index contributed by atoms with van der Waals surface area (Å²) in [5, 5.41) is 9.37. The smallest absolute Gasteiger partial charge is 0.305 e. The molecule has 0 spiro atoms. The molecule has 1 atom stereocenters. The third-order valence-corrected chi connectivity index (χ3v) is 7.10. The van der Waals surface area contributed by atoms with Gasteiger partial charge in [0.2, 0.25) is 0 Å². The van der Waals surface area contributed by atoms with Crippen molar-refractivity contribution in [2.45, 2.75) is 37.8 Å². The molecule has 0 aromatic heterocycles. The summed E-state index contributed by atoms with van der Waals surface area (Å²) in [4.78, 5) is 11.5. The van der Waals surface area contributed by atoms with Crippen LogP contribution in [0.5, 0.6) is 11.5 Å². The molecule has 0 bridgehead atoms. The number of aliphatic carboxylic acids is 1. The molecule has 1 aliphatic carbocycles. The quantitative estimate of drug-likeness (QED) is 0.764. The average molecular weight is 384 g/mol. The number of carboxylic acids is 1. The lowest BCUT2D eigenvalue weighted by Gasteiger charge is -2.38. The Morgan fingerprint density at radius 1 is 1.27 bits per heavy atom. The molecule has 1 fully saturated rings. The van der Waals surface area contributed by atoms with Crippen molar-refractivity contribution in [3.63, 3.8) is 0 Å². The molecule has 26 heavy (non-hydrogen) atoms. The summed E-state index contributed by atoms with van der Waals surface area (Å²) in [5.41, 5.74) is 1.54. The maximum absolute atomic E-state index is 13.0. The van der Waals surface area contributed by atoms with Crippen molar-refractivity contribution in [3.8, 4) is 11.5 Å². The van der Waals surface area contributed by atoms with E-state index in [0.717, 1.165) is 18.4 Å². The lowest BCUT2D eigenvalue weighted by molar-refractivity contribution is -0.138. The minimum Gasteiger partial charge on any atom is -0.493 e. The lowest BCUT2D eigenvalue weighted by Crippen LogP contribution is -2.48. The minimum absolute atomic E-state index is 0.0114. The maximum Gasteiger partial charge on any atom is 0.305 e. The fourth-order valence-electron chi connectivity index (χ4n) is 3.45. The molecule has 0 amide bonds. The number of rotatable bonds is 7. The molecule has 3 rings (SSSR count). The first-order valence-corrected chi connectivity index (χ1v) is 9.90. The molecule has 1 saturated carbocycles. The van der Waals surface area contributed by atoms with Crippen molar-refractivity contribution in [2.75, 3.05) is 27.8 Å². The van der Waals surface area contributed by atoms with Crippen LogP contribution >= 0.6 is 0 Å². The largest absolute Gasteiger partial charge is 0.493 e. The zero-order valence-corrected chi connectivity index (χ0v) is 16.0. The molecule has 2 aliphatic rings. The predicted molar refractivity (Wildman–Crippen MR) is 94.7 cm³/mol. The fourth-order valence-corrected chi connectivity index (χ4v) is 5.20. The second-order valence-electron chi connectivity index (χ2n) is 6.64. The van der Waals surface area contributed by atoms with E-state index in [0.29, 0.717) is 23.5 Å². The average Bonchev–Trinajstić information content (AvgIpc) is 3.44. The highest BCUT2D eigenvalue weighted by atomic mass is 32.2. The number of ether oxygens (including phenoxy) is 2. The van der Waals surface area contributed by atoms with Crippen LogP contribution in [0.2, 0.25) is 0 Å². The number of nitrogens with zero attached hydrogens (tertiary/aromatic N) is 2. The molecule has 1 aromatic carbocycles. The van der Waals surface area contributed by atoms with Crippen molar-refractivity contribution in [1.82, 2.24) is 8.61 Å². The van der Waals surface area contributed by atoms with E-state index in [2.05, 4.69) is 0 Å². The number of fused-ring (bicyclic) bond motifs is 1. The Hall–Kier alpha value is -1.84. The first-order valence-electron chi connectivity index (χ1n) is 8.51. The van der Waals surface area contributed by atoms with Crippen LogP contribution in [0.3, 0.4) is 0 Å². The number of carbonyl (C=O) groups is 1. The van der Waals surface area contributed by atoms with Gasteiger partial charge in [0.15, 0.2) is 11.5 Å². The minimum atomic E-state index is -3.74. The van der Waals surface area contributed by atoms with Crippen LogP contribution in [0.4, 0.5) is 0 Å². The van der Waals surface area contributed by atoms with Gasteiger partial charge < -0.3 is 14.6 Å². The first-order chi connectivity index (χ1) is 12.3. The Labute approximate surface area is 153 Å². The standard InChI is InChI=1S/C17H24N2O6S/c1-18(12-4-5-12)26(22,23)19-7-6-11-8-15(24-2)16(25-3)9-13(11)14(19)10-17(20)21/h8-9,12,14H,4-7,10H2,1-3H3,(H,20,21). The predicted octanol–water partition coefficient (Wildman–Crippen LogP) is 1.42. The zero-order chi connectivity index (χ0) is 19.1. The van der Waals surface area contributed by atoms with Crippen molar-refractivity contribution >= 4 is 16.2 Å². The number of methoxy groups -OCH3 is 2. The van der Waals surface area contributed by atoms with Crippen molar-refractivity contribution < 1.29 is 27.8 Å². The van der Waals surface area contributed by atoms with Crippen LogP contribution in [0.1, 0.15) is 36.4 Å². The van der Waals surface area contributed by atoms with Gasteiger partial charge in [0, 0.05) is 19.6 Å². The van der Waals surface area contributed by atoms with E-state index in [1.54, 1.807) is 19.2 Å². The topological polar surface area (TPSA) is 96.4 Å². The van der Waals surface area contributed by atoms with E-state index in [-0.39, 0.29) is 19.0 Å². The van der Waals surface area contributed by atoms with Gasteiger partial charge in [-0.25, -0.2) is 0 Å². The lowest BCUT2D eigenvalue weighted by atomic mass is 9.92. The molecule has 1 unspecified atom stereocenters. The van der Waals surface area contributed by atoms with Crippen LogP contribution in [0.15, 0.2) is 12.1 Å². The second kappa shape index (κ2) is 7.05. The van der Waals surface area contributed by atoms with Gasteiger partial charge in [-0.15, -0.1) is 0 Å². The highest BCUT2D eigenvalue weighted by molar-refractivity contribution is 7.86. The Morgan fingerprint density at radius 3 is 2.42 bits per heavy atom. The van der Waals surface area contributed by atoms with Crippen molar-refractivity contribution in [2.24, 2.45) is 0 Å². The summed E-state index contributed by atoms with van der Waals surface area (Å²) in [7, 11) is 0.850. The Morgan fingerprint density at radius 2 is 1.88 bits per heavy atom. The Kier molecular flexibility index (Phi) is 5.14. The molecule has 0 radical (unpaired) electrons. The first kappa shape index (κ1) is 18.9. The van der Waals surface area contributed by atoms with Gasteiger partial charge in [-0.05, 0) is 42.5 Å². The van der Waals surface area contributed by atoms with E-state index in [9.17, 15) is 18.3 Å². The highest BCUT2D eigenvalue weighted by Gasteiger charge is 2.43. The summed E-state index contributed by atoms with van der Waals surface area (Å²) in [5.74, 6) is -0.0462. The van der Waals surface area contributed by atoms with E-state index in [4.69, 9.17) is 9.47 Å². The third kappa shape index (κ3) is 3.38. The van der Waals surface area contributed by atoms with Crippen molar-refractivity contribution in [1.29, 1.82) is 0 Å². The van der Waals surface area contributed by atoms with Crippen molar-refractivity contribution in [3.05, 3.63) is 23.3 Å². The van der Waals surface area contributed by atoms with Crippen LogP contribution in [0, 0.1) is 0 Å². The maximum atomic E-state index is 13.0. The number of hydrogen-bond acceptors (Lipinski definition) is 5.